The molecule has 37 heteroatoms. The van der Waals surface area contributed by atoms with Crippen molar-refractivity contribution in [3.63, 3.8) is 0 Å². The van der Waals surface area contributed by atoms with Crippen molar-refractivity contribution < 1.29 is 132 Å². The first kappa shape index (κ1) is 85.9. The van der Waals surface area contributed by atoms with Crippen LogP contribution in [0.2, 0.25) is 0 Å². The molecule has 18 atom stereocenters. The van der Waals surface area contributed by atoms with Crippen LogP contribution in [0.25, 0.3) is 0 Å². The van der Waals surface area contributed by atoms with Gasteiger partial charge in [0.2, 0.25) is 53.2 Å². The number of nitrogens with one attached hydrogen (secondary N) is 10. The summed E-state index contributed by atoms with van der Waals surface area (Å²) in [6, 6.07) is -3.23. The number of hydrogen-bond donors (Lipinski definition) is 19. The summed E-state index contributed by atoms with van der Waals surface area (Å²) >= 11 is 0. The van der Waals surface area contributed by atoms with E-state index in [4.69, 9.17) is 42.6 Å². The first-order valence-electron chi connectivity index (χ1n) is 34.2. The predicted molar refractivity (Wildman–Crippen MR) is 343 cm³/mol. The highest BCUT2D eigenvalue weighted by atomic mass is 16.7. The second-order valence-electron chi connectivity index (χ2n) is 24.5. The lowest BCUT2D eigenvalue weighted by atomic mass is 9.97. The lowest BCUT2D eigenvalue weighted by Gasteiger charge is -2.42. The summed E-state index contributed by atoms with van der Waals surface area (Å²) in [7, 11) is 0. The minimum atomic E-state index is -1.44. The number of rotatable bonds is 48. The minimum absolute atomic E-state index is 0.00691. The van der Waals surface area contributed by atoms with Gasteiger partial charge in [-0.05, 0) is 57.8 Å². The molecule has 4 aliphatic rings. The number of carbonyl (C=O) groups is 9. The van der Waals surface area contributed by atoms with Gasteiger partial charge >= 0.3 is 0 Å². The monoisotopic (exact) mass is 1430 g/mol. The summed E-state index contributed by atoms with van der Waals surface area (Å²) in [5.74, 6) is -3.05. The Labute approximate surface area is 575 Å². The van der Waals surface area contributed by atoms with Crippen LogP contribution in [0.15, 0.2) is 0 Å². The molecule has 99 heavy (non-hydrogen) atoms. The fraction of sp³-hybridized carbons (Fsp3) is 0.855. The fourth-order valence-corrected chi connectivity index (χ4v) is 11.0. The Morgan fingerprint density at radius 3 is 0.869 bits per heavy atom. The van der Waals surface area contributed by atoms with Crippen LogP contribution in [0, 0.1) is 0 Å². The molecule has 0 aromatic rings. The van der Waals surface area contributed by atoms with Crippen LogP contribution in [-0.2, 0) is 85.8 Å². The third-order valence-electron chi connectivity index (χ3n) is 16.4. The van der Waals surface area contributed by atoms with E-state index in [9.17, 15) is 89.1 Å². The van der Waals surface area contributed by atoms with Gasteiger partial charge in [0, 0.05) is 131 Å². The zero-order valence-electron chi connectivity index (χ0n) is 56.9. The van der Waals surface area contributed by atoms with Gasteiger partial charge in [-0.3, -0.25) is 43.2 Å². The van der Waals surface area contributed by atoms with E-state index in [1.54, 1.807) is 0 Å². The third kappa shape index (κ3) is 32.6. The van der Waals surface area contributed by atoms with Crippen LogP contribution in [0.1, 0.15) is 117 Å². The summed E-state index contributed by atoms with van der Waals surface area (Å²) in [5.41, 5.74) is 0. The van der Waals surface area contributed by atoms with E-state index in [0.29, 0.717) is 70.9 Å². The highest BCUT2D eigenvalue weighted by molar-refractivity contribution is 5.78. The number of unbranched alkanes of at least 4 members (excludes halogenated alkanes) is 3. The SMILES string of the molecule is CC(=O)N[C@H]1[C@H](OCCCCC(=O)NCCCNC(=O)CCOC2[C@@H](OCCC(=O)NCCCNC(=O)CCCCO[C@@H]3O[C@H](CO)[C@H](O)[C@H](O)[C@H]3NC(C)=O)CNC[C@H]2OCCC(=O)NCCCNC(=O)CCCCO[C@@H]2O[C@H](CO)[C@H](O)[C@H](O)[C@H]2NC(C)=O)O[C@H](CO)[C@H](O)[C@@H]1O. The number of piperidine rings is 1. The smallest absolute Gasteiger partial charge is 0.222 e. The Bertz CT molecular complexity index is 2310. The van der Waals surface area contributed by atoms with Crippen molar-refractivity contribution in [3.8, 4) is 0 Å². The molecule has 9 amide bonds. The Morgan fingerprint density at radius 1 is 0.343 bits per heavy atom. The topological polar surface area (TPSA) is 539 Å². The van der Waals surface area contributed by atoms with E-state index in [2.05, 4.69) is 53.2 Å². The molecule has 37 nitrogen and oxygen atoms in total. The highest BCUT2D eigenvalue weighted by Crippen LogP contribution is 2.26. The molecule has 4 heterocycles. The van der Waals surface area contributed by atoms with Gasteiger partial charge in [0.05, 0.1) is 51.8 Å². The van der Waals surface area contributed by atoms with Crippen molar-refractivity contribution in [2.45, 2.75) is 227 Å². The first-order valence-corrected chi connectivity index (χ1v) is 34.2. The molecule has 0 aromatic heterocycles. The molecule has 1 unspecified atom stereocenters. The number of carbonyl (C=O) groups excluding carboxylic acids is 9. The molecule has 0 aliphatic carbocycles. The highest BCUT2D eigenvalue weighted by Gasteiger charge is 2.48. The third-order valence-corrected chi connectivity index (χ3v) is 16.4. The van der Waals surface area contributed by atoms with E-state index in [0.717, 1.165) is 0 Å². The second kappa shape index (κ2) is 48.4. The summed E-state index contributed by atoms with van der Waals surface area (Å²) in [5, 5.41) is 118. The molecule has 0 aromatic carbocycles. The van der Waals surface area contributed by atoms with Crippen molar-refractivity contribution >= 4 is 53.2 Å². The van der Waals surface area contributed by atoms with Gasteiger partial charge < -0.3 is 142 Å². The van der Waals surface area contributed by atoms with Gasteiger partial charge in [-0.25, -0.2) is 0 Å². The fourth-order valence-electron chi connectivity index (χ4n) is 11.0. The van der Waals surface area contributed by atoms with Gasteiger partial charge in [-0.1, -0.05) is 0 Å². The van der Waals surface area contributed by atoms with Crippen molar-refractivity contribution in [1.82, 2.24) is 53.2 Å². The van der Waals surface area contributed by atoms with Gasteiger partial charge in [0.15, 0.2) is 18.9 Å². The number of ether oxygens (including phenoxy) is 9. The number of amides is 9. The van der Waals surface area contributed by atoms with Crippen LogP contribution in [0.5, 0.6) is 0 Å². The summed E-state index contributed by atoms with van der Waals surface area (Å²) in [6.45, 7) is 4.45. The Morgan fingerprint density at radius 2 is 0.606 bits per heavy atom. The van der Waals surface area contributed by atoms with E-state index < -0.39 is 148 Å². The average Bonchev–Trinajstić information content (AvgIpc) is 0.821. The van der Waals surface area contributed by atoms with Crippen LogP contribution in [-0.4, -0.2) is 321 Å². The van der Waals surface area contributed by atoms with Gasteiger partial charge in [-0.2, -0.15) is 0 Å². The summed E-state index contributed by atoms with van der Waals surface area (Å²) < 4.78 is 52.3. The number of aliphatic hydroxyl groups excluding tert-OH is 9. The van der Waals surface area contributed by atoms with Crippen molar-refractivity contribution in [3.05, 3.63) is 0 Å². The minimum Gasteiger partial charge on any atom is -0.394 e. The maximum atomic E-state index is 12.9. The molecular formula is C62H110N10O27. The second-order valence-corrected chi connectivity index (χ2v) is 24.5. The molecule has 0 spiro atoms. The lowest BCUT2D eigenvalue weighted by molar-refractivity contribution is -0.270. The van der Waals surface area contributed by atoms with Gasteiger partial charge in [0.25, 0.3) is 0 Å². The van der Waals surface area contributed by atoms with Gasteiger partial charge in [-0.15, -0.1) is 0 Å². The zero-order chi connectivity index (χ0) is 72.7. The standard InChI is InChI=1S/C62H110N10O27/c1-36(76)70-50-56(88)53(85)41(33-73)97-60(50)94-25-7-4-13-44(79)64-19-10-22-67-47(82)16-28-91-39-31-63-32-40(92-29-17-48(83)68-23-11-20-65-45(80)14-5-8-26-95-61-51(71-37(2)77)57(89)54(86)42(34-74)98-61)59(39)93-30-18-49(84)69-24-12-21-66-46(81)15-6-9-27-96-62-52(72-38(3)78)58(90)55(87)43(35-75)99-62/h39-43,50-63,73-75,85-90H,4-35H2,1-3H3,(H,64,79)(H,65,80)(H,66,81)(H,67,82)(H,68,83)(H,69,84)(H,70,76)(H,71,77)(H,72,78)/t39-,40+,41-,42-,43-,50-,51-,52-,53+,54+,55+,56-,57-,58-,59?,60-,61-,62-/m1/s1. The Balaban J connectivity index is 1.14. The number of hydrogen-bond acceptors (Lipinski definition) is 28. The molecule has 4 fully saturated rings. The molecule has 4 rings (SSSR count). The molecule has 0 radical (unpaired) electrons. The zero-order valence-corrected chi connectivity index (χ0v) is 56.9. The molecular weight excluding hydrogens is 1320 g/mol. The Kier molecular flexibility index (Phi) is 42.0. The number of aliphatic hydroxyl groups is 9. The van der Waals surface area contributed by atoms with Crippen molar-refractivity contribution in [2.75, 3.05) is 112 Å². The maximum absolute atomic E-state index is 12.9. The maximum Gasteiger partial charge on any atom is 0.222 e. The normalized spacial score (nSPS) is 28.4. The Hall–Kier alpha value is -5.53. The molecule has 4 aliphatic heterocycles. The largest absolute Gasteiger partial charge is 0.394 e. The first-order chi connectivity index (χ1) is 47.5. The van der Waals surface area contributed by atoms with Gasteiger partial charge in [0.1, 0.15) is 79.2 Å². The van der Waals surface area contributed by atoms with E-state index in [-0.39, 0.29) is 153 Å². The summed E-state index contributed by atoms with van der Waals surface area (Å²) in [4.78, 5) is 111. The van der Waals surface area contributed by atoms with Crippen LogP contribution < -0.4 is 53.2 Å². The quantitative estimate of drug-likeness (QED) is 0.0252. The molecule has 19 N–H and O–H groups in total. The molecule has 0 saturated carbocycles. The summed E-state index contributed by atoms with van der Waals surface area (Å²) in [6.07, 6.45) is -13.2. The van der Waals surface area contributed by atoms with E-state index >= 15 is 0 Å². The van der Waals surface area contributed by atoms with E-state index in [1.165, 1.54) is 20.8 Å². The van der Waals surface area contributed by atoms with Crippen LogP contribution in [0.4, 0.5) is 0 Å². The molecule has 570 valence electrons. The van der Waals surface area contributed by atoms with Crippen molar-refractivity contribution in [2.24, 2.45) is 0 Å². The van der Waals surface area contributed by atoms with E-state index in [1.807, 2.05) is 0 Å². The molecule has 0 bridgehead atoms. The van der Waals surface area contributed by atoms with Crippen LogP contribution in [0.3, 0.4) is 0 Å². The van der Waals surface area contributed by atoms with Crippen molar-refractivity contribution in [1.29, 1.82) is 0 Å². The molecule has 4 saturated heterocycles. The predicted octanol–water partition coefficient (Wildman–Crippen LogP) is -7.83. The van der Waals surface area contributed by atoms with Crippen LogP contribution >= 0.6 is 0 Å². The lowest BCUT2D eigenvalue weighted by Crippen LogP contribution is -2.64. The average molecular weight is 1430 g/mol.